The van der Waals surface area contributed by atoms with Crippen LogP contribution >= 0.6 is 22.9 Å². The van der Waals surface area contributed by atoms with Crippen LogP contribution in [0.25, 0.3) is 21.7 Å². The van der Waals surface area contributed by atoms with Gasteiger partial charge in [0, 0.05) is 36.1 Å². The number of thiazole rings is 1. The summed E-state index contributed by atoms with van der Waals surface area (Å²) >= 11 is 7.32. The van der Waals surface area contributed by atoms with Gasteiger partial charge < -0.3 is 10.2 Å². The van der Waals surface area contributed by atoms with Crippen LogP contribution in [0.3, 0.4) is 0 Å². The number of amides is 2. The molecule has 2 aromatic heterocycles. The predicted molar refractivity (Wildman–Crippen MR) is 144 cm³/mol. The van der Waals surface area contributed by atoms with E-state index in [-0.39, 0.29) is 16.4 Å². The summed E-state index contributed by atoms with van der Waals surface area (Å²) in [6.45, 7) is 5.92. The minimum absolute atomic E-state index is 0.0951. The van der Waals surface area contributed by atoms with Crippen LogP contribution in [-0.2, 0) is 0 Å². The van der Waals surface area contributed by atoms with Crippen LogP contribution in [0.1, 0.15) is 20.3 Å². The molecule has 0 unspecified atom stereocenters. The number of aromatic nitrogens is 2. The Morgan fingerprint density at radius 3 is 2.58 bits per heavy atom. The Hall–Kier alpha value is -3.53. The van der Waals surface area contributed by atoms with Gasteiger partial charge in [0.25, 0.3) is 0 Å². The monoisotopic (exact) mass is 525 g/mol. The fourth-order valence-corrected chi connectivity index (χ4v) is 4.99. The van der Waals surface area contributed by atoms with E-state index in [1.165, 1.54) is 12.1 Å². The molecule has 0 spiro atoms. The molecule has 4 aromatic rings. The highest BCUT2D eigenvalue weighted by Gasteiger charge is 2.20. The molecule has 0 saturated heterocycles. The fraction of sp³-hybridized carbons (Fsp3) is 0.192. The Balaban J connectivity index is 1.68. The second-order valence-corrected chi connectivity index (χ2v) is 9.32. The van der Waals surface area contributed by atoms with E-state index in [4.69, 9.17) is 16.6 Å². The van der Waals surface area contributed by atoms with E-state index in [9.17, 15) is 14.4 Å². The molecule has 2 N–H and O–H groups in total. The smallest absolute Gasteiger partial charge is 0.348 e. The molecule has 0 aliphatic heterocycles. The third kappa shape index (κ3) is 5.64. The van der Waals surface area contributed by atoms with Gasteiger partial charge in [-0.15, -0.1) is 0 Å². The van der Waals surface area contributed by atoms with Crippen molar-refractivity contribution in [1.82, 2.24) is 9.97 Å². The highest BCUT2D eigenvalue weighted by atomic mass is 35.5. The van der Waals surface area contributed by atoms with Gasteiger partial charge in [0.1, 0.15) is 5.82 Å². The zero-order valence-corrected chi connectivity index (χ0v) is 21.4. The van der Waals surface area contributed by atoms with Crippen LogP contribution in [-0.4, -0.2) is 34.3 Å². The van der Waals surface area contributed by atoms with Crippen molar-refractivity contribution in [2.45, 2.75) is 20.3 Å². The Morgan fingerprint density at radius 2 is 1.89 bits per heavy atom. The van der Waals surface area contributed by atoms with E-state index in [2.05, 4.69) is 29.0 Å². The summed E-state index contributed by atoms with van der Waals surface area (Å²) in [5.74, 6) is -0.704. The van der Waals surface area contributed by atoms with Gasteiger partial charge in [-0.05, 0) is 61.4 Å². The highest BCUT2D eigenvalue weighted by Crippen LogP contribution is 2.41. The number of nitrogens with one attached hydrogen (secondary N) is 1. The average molecular weight is 526 g/mol. The second-order valence-electron chi connectivity index (χ2n) is 7.91. The number of anilines is 3. The van der Waals surface area contributed by atoms with Gasteiger partial charge in [-0.25, -0.2) is 14.2 Å². The normalized spacial score (nSPS) is 10.8. The van der Waals surface area contributed by atoms with Gasteiger partial charge in [-0.1, -0.05) is 42.0 Å². The van der Waals surface area contributed by atoms with E-state index >= 15 is 0 Å². The lowest BCUT2D eigenvalue weighted by Crippen LogP contribution is -2.32. The summed E-state index contributed by atoms with van der Waals surface area (Å²) < 4.78 is 14.1. The number of rotatable bonds is 8. The minimum atomic E-state index is -0.909. The summed E-state index contributed by atoms with van der Waals surface area (Å²) in [5, 5.41) is 14.5. The molecular weight excluding hydrogens is 501 g/mol. The van der Waals surface area contributed by atoms with Crippen molar-refractivity contribution in [2.75, 3.05) is 28.4 Å². The van der Waals surface area contributed by atoms with Crippen molar-refractivity contribution in [3.05, 3.63) is 77.8 Å². The number of carbonyl (C=O) groups excluding carboxylic acids is 1. The van der Waals surface area contributed by atoms with Crippen molar-refractivity contribution in [3.63, 3.8) is 0 Å². The molecule has 0 bridgehead atoms. The van der Waals surface area contributed by atoms with Crippen LogP contribution < -0.4 is 15.3 Å². The van der Waals surface area contributed by atoms with Crippen molar-refractivity contribution >= 4 is 45.5 Å². The maximum absolute atomic E-state index is 14.1. The standard InChI is InChI=1S/C26H25ClFN5O2S/c1-3-14-32(4-2)26-31-23(17-10-12-29-13-11-17)24(36-26)18-6-5-7-20(15-18)33(35)25(34)30-22-9-8-19(27)16-21(22)28/h5-13,15-16,35H,3-4,14H2,1-2H3,(H,30,34). The quantitative estimate of drug-likeness (QED) is 0.186. The molecule has 0 atom stereocenters. The molecule has 0 saturated carbocycles. The molecule has 4 rings (SSSR count). The van der Waals surface area contributed by atoms with E-state index in [1.807, 2.05) is 18.2 Å². The van der Waals surface area contributed by atoms with E-state index in [0.717, 1.165) is 52.4 Å². The average Bonchev–Trinajstić information content (AvgIpc) is 3.34. The van der Waals surface area contributed by atoms with Crippen molar-refractivity contribution in [2.24, 2.45) is 0 Å². The summed E-state index contributed by atoms with van der Waals surface area (Å²) in [7, 11) is 0. The fourth-order valence-electron chi connectivity index (χ4n) is 3.66. The number of hydrogen-bond donors (Lipinski definition) is 2. The molecule has 0 aliphatic carbocycles. The Morgan fingerprint density at radius 1 is 1.11 bits per heavy atom. The van der Waals surface area contributed by atoms with E-state index < -0.39 is 11.8 Å². The van der Waals surface area contributed by atoms with Crippen molar-refractivity contribution in [3.8, 4) is 21.7 Å². The third-order valence-electron chi connectivity index (χ3n) is 5.43. The number of carbonyl (C=O) groups is 1. The summed E-state index contributed by atoms with van der Waals surface area (Å²) in [6.07, 6.45) is 4.42. The van der Waals surface area contributed by atoms with Crippen LogP contribution in [0.15, 0.2) is 67.0 Å². The second kappa shape index (κ2) is 11.5. The maximum Gasteiger partial charge on any atom is 0.350 e. The molecule has 2 aromatic carbocycles. The van der Waals surface area contributed by atoms with Crippen LogP contribution in [0.4, 0.5) is 25.7 Å². The summed E-state index contributed by atoms with van der Waals surface area (Å²) in [5.41, 5.74) is 2.61. The largest absolute Gasteiger partial charge is 0.350 e. The molecule has 36 heavy (non-hydrogen) atoms. The number of hydrogen-bond acceptors (Lipinski definition) is 6. The number of nitrogens with zero attached hydrogens (tertiary/aromatic N) is 4. The third-order valence-corrected chi connectivity index (χ3v) is 6.83. The lowest BCUT2D eigenvalue weighted by atomic mass is 10.1. The van der Waals surface area contributed by atoms with Crippen molar-refractivity contribution in [1.29, 1.82) is 0 Å². The molecule has 7 nitrogen and oxygen atoms in total. The first-order valence-electron chi connectivity index (χ1n) is 11.4. The maximum atomic E-state index is 14.1. The molecule has 0 fully saturated rings. The number of halogens is 2. The molecule has 0 radical (unpaired) electrons. The SMILES string of the molecule is CCCN(CC)c1nc(-c2ccncc2)c(-c2cccc(N(O)C(=O)Nc3ccc(Cl)cc3F)c2)s1. The lowest BCUT2D eigenvalue weighted by molar-refractivity contribution is 0.216. The van der Waals surface area contributed by atoms with Gasteiger partial charge in [0.2, 0.25) is 0 Å². The topological polar surface area (TPSA) is 81.6 Å². The van der Waals surface area contributed by atoms with Crippen LogP contribution in [0, 0.1) is 5.82 Å². The molecule has 10 heteroatoms. The number of urea groups is 1. The predicted octanol–water partition coefficient (Wildman–Crippen LogP) is 7.33. The Kier molecular flexibility index (Phi) is 8.14. The highest BCUT2D eigenvalue weighted by molar-refractivity contribution is 7.19. The molecule has 0 aliphatic rings. The molecular formula is C26H25ClFN5O2S. The number of benzene rings is 2. The van der Waals surface area contributed by atoms with Gasteiger partial charge in [-0.2, -0.15) is 5.06 Å². The zero-order chi connectivity index (χ0) is 25.7. The van der Waals surface area contributed by atoms with E-state index in [0.29, 0.717) is 5.06 Å². The van der Waals surface area contributed by atoms with Crippen LogP contribution in [0.2, 0.25) is 5.02 Å². The van der Waals surface area contributed by atoms with Gasteiger partial charge in [0.05, 0.1) is 21.9 Å². The first-order valence-corrected chi connectivity index (χ1v) is 12.6. The minimum Gasteiger partial charge on any atom is -0.348 e. The number of pyridine rings is 1. The first kappa shape index (κ1) is 25.6. The van der Waals surface area contributed by atoms with Gasteiger partial charge >= 0.3 is 6.03 Å². The Bertz CT molecular complexity index is 1350. The molecule has 186 valence electrons. The van der Waals surface area contributed by atoms with Gasteiger partial charge in [0.15, 0.2) is 5.13 Å². The Labute approximate surface area is 217 Å². The van der Waals surface area contributed by atoms with E-state index in [1.54, 1.807) is 41.9 Å². The summed E-state index contributed by atoms with van der Waals surface area (Å²) in [4.78, 5) is 24.8. The number of hydroxylamine groups is 1. The first-order chi connectivity index (χ1) is 17.4. The van der Waals surface area contributed by atoms with Gasteiger partial charge in [-0.3, -0.25) is 10.2 Å². The molecule has 2 amide bonds. The lowest BCUT2D eigenvalue weighted by Gasteiger charge is -2.18. The summed E-state index contributed by atoms with van der Waals surface area (Å²) in [6, 6.07) is 13.7. The van der Waals surface area contributed by atoms with Crippen molar-refractivity contribution < 1.29 is 14.4 Å². The zero-order valence-electron chi connectivity index (χ0n) is 19.8. The molecule has 2 heterocycles. The van der Waals surface area contributed by atoms with Crippen LogP contribution in [0.5, 0.6) is 0 Å².